The molecule has 4 N–H and O–H groups in total. The smallest absolute Gasteiger partial charge is 0.220 e. The highest BCUT2D eigenvalue weighted by Crippen LogP contribution is 2.10. The Kier molecular flexibility index (Phi) is 4.12. The molecule has 0 aromatic heterocycles. The van der Waals surface area contributed by atoms with Gasteiger partial charge in [0.25, 0.3) is 0 Å². The Morgan fingerprint density at radius 1 is 1.24 bits per heavy atom. The molecule has 5 nitrogen and oxygen atoms in total. The molecule has 0 saturated carbocycles. The Hall–Kier alpha value is -2.01. The highest BCUT2D eigenvalue weighted by molar-refractivity contribution is 6.06. The van der Waals surface area contributed by atoms with Gasteiger partial charge in [-0.3, -0.25) is 9.59 Å². The van der Waals surface area contributed by atoms with Crippen LogP contribution in [0, 0.1) is 0 Å². The van der Waals surface area contributed by atoms with E-state index in [4.69, 9.17) is 11.5 Å². The minimum atomic E-state index is -1.82. The number of benzene rings is 1. The fourth-order valence-corrected chi connectivity index (χ4v) is 1.44. The van der Waals surface area contributed by atoms with Gasteiger partial charge in [0.1, 0.15) is 11.8 Å². The molecule has 5 heteroatoms. The van der Waals surface area contributed by atoms with E-state index < -0.39 is 23.7 Å². The molecule has 0 bridgehead atoms. The summed E-state index contributed by atoms with van der Waals surface area (Å²) in [6.07, 6.45) is -0.186. The number of amides is 1. The number of carbonyl (C=O) groups excluding carboxylic acids is 3. The summed E-state index contributed by atoms with van der Waals surface area (Å²) in [4.78, 5) is 33.4. The second-order valence-electron chi connectivity index (χ2n) is 3.89. The van der Waals surface area contributed by atoms with Crippen LogP contribution in [0.5, 0.6) is 0 Å². The minimum Gasteiger partial charge on any atom is -0.370 e. The topological polar surface area (TPSA) is 103 Å². The highest BCUT2D eigenvalue weighted by atomic mass is 16.2. The molecule has 1 aromatic carbocycles. The number of primary amides is 1. The summed E-state index contributed by atoms with van der Waals surface area (Å²) in [6.45, 7) is 0. The van der Waals surface area contributed by atoms with Gasteiger partial charge in [0.2, 0.25) is 5.91 Å². The van der Waals surface area contributed by atoms with Crippen molar-refractivity contribution >= 4 is 18.0 Å². The number of hydrogen-bond acceptors (Lipinski definition) is 4. The lowest BCUT2D eigenvalue weighted by Gasteiger charge is -2.19. The van der Waals surface area contributed by atoms with Crippen LogP contribution in [-0.4, -0.2) is 23.5 Å². The van der Waals surface area contributed by atoms with Crippen molar-refractivity contribution < 1.29 is 14.4 Å². The Morgan fingerprint density at radius 3 is 2.29 bits per heavy atom. The summed E-state index contributed by atoms with van der Waals surface area (Å²) in [6, 6.07) is 8.85. The Labute approximate surface area is 98.8 Å². The number of carbonyl (C=O) groups is 3. The van der Waals surface area contributed by atoms with Crippen molar-refractivity contribution in [1.29, 1.82) is 0 Å². The van der Waals surface area contributed by atoms with Crippen LogP contribution in [0.25, 0.3) is 0 Å². The maximum atomic E-state index is 11.8. The van der Waals surface area contributed by atoms with Gasteiger partial charge in [0, 0.05) is 6.42 Å². The highest BCUT2D eigenvalue weighted by Gasteiger charge is 2.35. The molecule has 0 saturated heterocycles. The summed E-state index contributed by atoms with van der Waals surface area (Å²) in [5.41, 5.74) is 9.44. The van der Waals surface area contributed by atoms with Crippen LogP contribution in [0.3, 0.4) is 0 Å². The van der Waals surface area contributed by atoms with Crippen molar-refractivity contribution in [1.82, 2.24) is 0 Å². The standard InChI is InChI=1S/C12H14N2O3/c13-11(17)7-12(14,8-15)10(16)6-9-4-2-1-3-5-9/h1-5,8H,6-7,14H2,(H2,13,17). The first-order valence-corrected chi connectivity index (χ1v) is 5.08. The van der Waals surface area contributed by atoms with Crippen molar-refractivity contribution in [2.45, 2.75) is 18.4 Å². The SMILES string of the molecule is NC(=O)CC(N)(C=O)C(=O)Cc1ccccc1. The van der Waals surface area contributed by atoms with E-state index >= 15 is 0 Å². The van der Waals surface area contributed by atoms with Crippen molar-refractivity contribution in [2.75, 3.05) is 0 Å². The minimum absolute atomic E-state index is 0.00333. The Bertz CT molecular complexity index is 431. The third-order valence-electron chi connectivity index (χ3n) is 2.40. The van der Waals surface area contributed by atoms with E-state index in [9.17, 15) is 14.4 Å². The van der Waals surface area contributed by atoms with Gasteiger partial charge in [-0.15, -0.1) is 0 Å². The quantitative estimate of drug-likeness (QED) is 0.515. The van der Waals surface area contributed by atoms with Gasteiger partial charge in [-0.25, -0.2) is 0 Å². The molecule has 1 unspecified atom stereocenters. The predicted molar refractivity (Wildman–Crippen MR) is 61.9 cm³/mol. The third kappa shape index (κ3) is 3.49. The number of Topliss-reactive ketones (excluding diaryl/α,β-unsaturated/α-hetero) is 1. The van der Waals surface area contributed by atoms with E-state index in [2.05, 4.69) is 0 Å². The van der Waals surface area contributed by atoms with Crippen LogP contribution in [0.4, 0.5) is 0 Å². The molecule has 90 valence electrons. The van der Waals surface area contributed by atoms with Crippen LogP contribution < -0.4 is 11.5 Å². The van der Waals surface area contributed by atoms with E-state index in [1.165, 1.54) is 0 Å². The van der Waals surface area contributed by atoms with Crippen molar-refractivity contribution in [2.24, 2.45) is 11.5 Å². The van der Waals surface area contributed by atoms with Crippen molar-refractivity contribution in [3.05, 3.63) is 35.9 Å². The van der Waals surface area contributed by atoms with Crippen LogP contribution in [0.15, 0.2) is 30.3 Å². The predicted octanol–water partition coefficient (Wildman–Crippen LogP) is -0.430. The fraction of sp³-hybridized carbons (Fsp3) is 0.250. The number of ketones is 1. The van der Waals surface area contributed by atoms with Gasteiger partial charge in [0.15, 0.2) is 5.78 Å². The van der Waals surface area contributed by atoms with Crippen LogP contribution in [0.1, 0.15) is 12.0 Å². The first-order chi connectivity index (χ1) is 7.98. The van der Waals surface area contributed by atoms with Gasteiger partial charge >= 0.3 is 0 Å². The number of rotatable bonds is 6. The number of hydrogen-bond donors (Lipinski definition) is 2. The first kappa shape index (κ1) is 13.1. The molecule has 1 atom stereocenters. The molecule has 1 amide bonds. The van der Waals surface area contributed by atoms with Gasteiger partial charge < -0.3 is 16.3 Å². The molecule has 0 aliphatic rings. The molecule has 0 heterocycles. The molecular formula is C12H14N2O3. The second kappa shape index (κ2) is 5.36. The fourth-order valence-electron chi connectivity index (χ4n) is 1.44. The lowest BCUT2D eigenvalue weighted by Crippen LogP contribution is -2.52. The third-order valence-corrected chi connectivity index (χ3v) is 2.40. The summed E-state index contributed by atoms with van der Waals surface area (Å²) in [5, 5.41) is 0. The molecule has 17 heavy (non-hydrogen) atoms. The average molecular weight is 234 g/mol. The normalized spacial score (nSPS) is 13.7. The summed E-state index contributed by atoms with van der Waals surface area (Å²) >= 11 is 0. The molecule has 0 radical (unpaired) electrons. The zero-order valence-electron chi connectivity index (χ0n) is 9.26. The molecule has 0 spiro atoms. The zero-order valence-corrected chi connectivity index (χ0v) is 9.26. The van der Waals surface area contributed by atoms with E-state index in [1.807, 2.05) is 6.07 Å². The van der Waals surface area contributed by atoms with Gasteiger partial charge in [-0.1, -0.05) is 30.3 Å². The Balaban J connectivity index is 2.80. The maximum Gasteiger partial charge on any atom is 0.220 e. The van der Waals surface area contributed by atoms with Crippen LogP contribution in [0.2, 0.25) is 0 Å². The molecular weight excluding hydrogens is 220 g/mol. The van der Waals surface area contributed by atoms with E-state index in [0.717, 1.165) is 5.56 Å². The summed E-state index contributed by atoms with van der Waals surface area (Å²) in [5.74, 6) is -1.29. The van der Waals surface area contributed by atoms with Gasteiger partial charge in [-0.05, 0) is 5.56 Å². The van der Waals surface area contributed by atoms with Crippen LogP contribution in [-0.2, 0) is 20.8 Å². The second-order valence-corrected chi connectivity index (χ2v) is 3.89. The molecule has 1 aromatic rings. The van der Waals surface area contributed by atoms with Gasteiger partial charge in [-0.2, -0.15) is 0 Å². The van der Waals surface area contributed by atoms with Gasteiger partial charge in [0.05, 0.1) is 6.42 Å². The molecule has 0 aliphatic carbocycles. The van der Waals surface area contributed by atoms with E-state index in [1.54, 1.807) is 24.3 Å². The van der Waals surface area contributed by atoms with Crippen molar-refractivity contribution in [3.8, 4) is 0 Å². The van der Waals surface area contributed by atoms with E-state index in [-0.39, 0.29) is 12.7 Å². The zero-order chi connectivity index (χ0) is 12.9. The lowest BCUT2D eigenvalue weighted by molar-refractivity contribution is -0.133. The largest absolute Gasteiger partial charge is 0.370 e. The Morgan fingerprint density at radius 2 is 1.82 bits per heavy atom. The lowest BCUT2D eigenvalue weighted by atomic mass is 9.89. The monoisotopic (exact) mass is 234 g/mol. The van der Waals surface area contributed by atoms with Crippen LogP contribution >= 0.6 is 0 Å². The summed E-state index contributed by atoms with van der Waals surface area (Å²) in [7, 11) is 0. The summed E-state index contributed by atoms with van der Waals surface area (Å²) < 4.78 is 0. The van der Waals surface area contributed by atoms with E-state index in [0.29, 0.717) is 0 Å². The first-order valence-electron chi connectivity index (χ1n) is 5.08. The van der Waals surface area contributed by atoms with Crippen molar-refractivity contribution in [3.63, 3.8) is 0 Å². The average Bonchev–Trinajstić information content (AvgIpc) is 2.29. The molecule has 0 aliphatic heterocycles. The molecule has 1 rings (SSSR count). The number of aldehydes is 1. The maximum absolute atomic E-state index is 11.8. The number of nitrogens with two attached hydrogens (primary N) is 2. The molecule has 0 fully saturated rings.